The van der Waals surface area contributed by atoms with Crippen LogP contribution in [0.5, 0.6) is 0 Å². The Hall–Kier alpha value is -0.450. The first kappa shape index (κ1) is 13.6. The van der Waals surface area contributed by atoms with Crippen molar-refractivity contribution in [2.24, 2.45) is 5.92 Å². The van der Waals surface area contributed by atoms with E-state index in [1.165, 1.54) is 6.42 Å². The van der Waals surface area contributed by atoms with Crippen molar-refractivity contribution in [3.05, 3.63) is 30.1 Å². The lowest BCUT2D eigenvalue weighted by Gasteiger charge is -2.07. The van der Waals surface area contributed by atoms with Crippen molar-refractivity contribution in [2.75, 3.05) is 18.8 Å². The van der Waals surface area contributed by atoms with Crippen molar-refractivity contribution in [1.82, 2.24) is 10.3 Å². The van der Waals surface area contributed by atoms with Crippen LogP contribution in [0.2, 0.25) is 0 Å². The number of nitrogens with zero attached hydrogens (tertiary/aromatic N) is 1. The first-order valence-electron chi connectivity index (χ1n) is 5.29. The maximum absolute atomic E-state index is 11.8. The molecule has 16 heavy (non-hydrogen) atoms. The van der Waals surface area contributed by atoms with Gasteiger partial charge in [0.2, 0.25) is 0 Å². The third kappa shape index (κ3) is 4.20. The van der Waals surface area contributed by atoms with Gasteiger partial charge in [-0.1, -0.05) is 0 Å². The Balaban J connectivity index is 0.00000128. The van der Waals surface area contributed by atoms with Crippen molar-refractivity contribution in [2.45, 2.75) is 12.2 Å². The highest BCUT2D eigenvalue weighted by atomic mass is 35.5. The van der Waals surface area contributed by atoms with E-state index in [1.54, 1.807) is 12.4 Å². The van der Waals surface area contributed by atoms with Gasteiger partial charge in [-0.3, -0.25) is 9.19 Å². The molecule has 0 radical (unpaired) electrons. The number of pyridine rings is 1. The largest absolute Gasteiger partial charge is 0.316 e. The van der Waals surface area contributed by atoms with Crippen LogP contribution in [0.25, 0.3) is 0 Å². The Morgan fingerprint density at radius 2 is 2.19 bits per heavy atom. The normalized spacial score (nSPS) is 21.4. The van der Waals surface area contributed by atoms with E-state index in [2.05, 4.69) is 10.3 Å². The molecule has 2 unspecified atom stereocenters. The molecule has 1 aromatic rings. The minimum atomic E-state index is -0.729. The summed E-state index contributed by atoms with van der Waals surface area (Å²) in [4.78, 5) is 3.95. The molecule has 5 heteroatoms. The van der Waals surface area contributed by atoms with Gasteiger partial charge in [0.25, 0.3) is 0 Å². The minimum Gasteiger partial charge on any atom is -0.316 e. The predicted molar refractivity (Wildman–Crippen MR) is 69.2 cm³/mol. The molecule has 3 nitrogen and oxygen atoms in total. The second-order valence-electron chi connectivity index (χ2n) is 3.97. The molecule has 0 bridgehead atoms. The molecule has 0 aromatic carbocycles. The fraction of sp³-hybridized carbons (Fsp3) is 0.545. The van der Waals surface area contributed by atoms with Crippen molar-refractivity contribution in [3.8, 4) is 0 Å². The zero-order valence-electron chi connectivity index (χ0n) is 9.09. The molecule has 1 aromatic heterocycles. The predicted octanol–water partition coefficient (Wildman–Crippen LogP) is 1.36. The van der Waals surface area contributed by atoms with Crippen molar-refractivity contribution < 1.29 is 4.21 Å². The van der Waals surface area contributed by atoms with Gasteiger partial charge in [-0.25, -0.2) is 0 Å². The highest BCUT2D eigenvalue weighted by Gasteiger charge is 2.17. The summed E-state index contributed by atoms with van der Waals surface area (Å²) in [7, 11) is -0.729. The summed E-state index contributed by atoms with van der Waals surface area (Å²) < 4.78 is 11.8. The van der Waals surface area contributed by atoms with Crippen LogP contribution in [0.3, 0.4) is 0 Å². The van der Waals surface area contributed by atoms with Crippen LogP contribution in [0.4, 0.5) is 0 Å². The number of hydrogen-bond donors (Lipinski definition) is 1. The smallest absolute Gasteiger partial charge is 0.0486 e. The summed E-state index contributed by atoms with van der Waals surface area (Å²) in [5.41, 5.74) is 1.12. The van der Waals surface area contributed by atoms with Gasteiger partial charge in [0.15, 0.2) is 0 Å². The lowest BCUT2D eigenvalue weighted by atomic mass is 10.2. The highest BCUT2D eigenvalue weighted by molar-refractivity contribution is 7.84. The number of rotatable bonds is 4. The molecular weight excluding hydrogens is 244 g/mol. The van der Waals surface area contributed by atoms with Crippen LogP contribution in [-0.2, 0) is 16.6 Å². The quantitative estimate of drug-likeness (QED) is 0.889. The topological polar surface area (TPSA) is 42.0 Å². The molecule has 1 N–H and O–H groups in total. The summed E-state index contributed by atoms with van der Waals surface area (Å²) in [6, 6.07) is 3.87. The molecule has 1 saturated heterocycles. The average molecular weight is 261 g/mol. The Morgan fingerprint density at radius 3 is 2.81 bits per heavy atom. The van der Waals surface area contributed by atoms with Gasteiger partial charge in [0.05, 0.1) is 0 Å². The Bertz CT molecular complexity index is 328. The van der Waals surface area contributed by atoms with Crippen molar-refractivity contribution >= 4 is 23.2 Å². The molecule has 0 saturated carbocycles. The fourth-order valence-electron chi connectivity index (χ4n) is 1.84. The average Bonchev–Trinajstić information content (AvgIpc) is 2.71. The summed E-state index contributed by atoms with van der Waals surface area (Å²) in [6.07, 6.45) is 4.68. The second-order valence-corrected chi connectivity index (χ2v) is 5.47. The van der Waals surface area contributed by atoms with Crippen molar-refractivity contribution in [3.63, 3.8) is 0 Å². The maximum Gasteiger partial charge on any atom is 0.0486 e. The van der Waals surface area contributed by atoms with E-state index >= 15 is 0 Å². The summed E-state index contributed by atoms with van der Waals surface area (Å²) >= 11 is 0. The Kier molecular flexibility index (Phi) is 5.95. The van der Waals surface area contributed by atoms with Crippen LogP contribution in [0.15, 0.2) is 24.5 Å². The summed E-state index contributed by atoms with van der Waals surface area (Å²) in [5, 5.41) is 3.30. The Morgan fingerprint density at radius 1 is 1.44 bits per heavy atom. The van der Waals surface area contributed by atoms with E-state index in [-0.39, 0.29) is 12.4 Å². The summed E-state index contributed by atoms with van der Waals surface area (Å²) in [6.45, 7) is 2.11. The van der Waals surface area contributed by atoms with Gasteiger partial charge >= 0.3 is 0 Å². The molecule has 0 amide bonds. The lowest BCUT2D eigenvalue weighted by Crippen LogP contribution is -2.15. The molecule has 1 aliphatic heterocycles. The molecule has 1 fully saturated rings. The monoisotopic (exact) mass is 260 g/mol. The maximum atomic E-state index is 11.8. The van der Waals surface area contributed by atoms with Crippen LogP contribution in [0, 0.1) is 5.92 Å². The first-order chi connectivity index (χ1) is 7.34. The van der Waals surface area contributed by atoms with Crippen LogP contribution in [-0.4, -0.2) is 28.0 Å². The van der Waals surface area contributed by atoms with Gasteiger partial charge in [0.1, 0.15) is 0 Å². The van der Waals surface area contributed by atoms with Crippen LogP contribution >= 0.6 is 12.4 Å². The van der Waals surface area contributed by atoms with Gasteiger partial charge < -0.3 is 5.32 Å². The van der Waals surface area contributed by atoms with Gasteiger partial charge in [0, 0.05) is 34.7 Å². The second kappa shape index (κ2) is 6.99. The van der Waals surface area contributed by atoms with Crippen LogP contribution in [0.1, 0.15) is 12.0 Å². The van der Waals surface area contributed by atoms with Gasteiger partial charge in [-0.15, -0.1) is 12.4 Å². The fourth-order valence-corrected chi connectivity index (χ4v) is 3.34. The van der Waals surface area contributed by atoms with Crippen molar-refractivity contribution in [1.29, 1.82) is 0 Å². The first-order valence-corrected chi connectivity index (χ1v) is 6.78. The van der Waals surface area contributed by atoms with E-state index in [4.69, 9.17) is 0 Å². The number of nitrogens with one attached hydrogen (secondary N) is 1. The van der Waals surface area contributed by atoms with E-state index in [0.29, 0.717) is 11.7 Å². The third-order valence-electron chi connectivity index (χ3n) is 2.66. The molecule has 0 spiro atoms. The minimum absolute atomic E-state index is 0. The lowest BCUT2D eigenvalue weighted by molar-refractivity contribution is 0.632. The molecule has 2 rings (SSSR count). The van der Waals surface area contributed by atoms with Gasteiger partial charge in [-0.05, 0) is 43.1 Å². The van der Waals surface area contributed by atoms with E-state index in [0.717, 1.165) is 24.4 Å². The molecule has 2 heterocycles. The van der Waals surface area contributed by atoms with E-state index in [9.17, 15) is 4.21 Å². The molecular formula is C11H17ClN2OS. The number of halogens is 1. The number of hydrogen-bond acceptors (Lipinski definition) is 3. The molecule has 2 atom stereocenters. The zero-order valence-corrected chi connectivity index (χ0v) is 10.7. The van der Waals surface area contributed by atoms with E-state index in [1.807, 2.05) is 12.1 Å². The molecule has 1 aliphatic rings. The molecule has 0 aliphatic carbocycles. The van der Waals surface area contributed by atoms with E-state index < -0.39 is 10.8 Å². The SMILES string of the molecule is Cl.O=S(Cc1ccncc1)CC1CCNC1. The van der Waals surface area contributed by atoms with Crippen LogP contribution < -0.4 is 5.32 Å². The Labute approximate surface area is 105 Å². The standard InChI is InChI=1S/C11H16N2OS.ClH/c14-15(9-11-3-6-13-7-11)8-10-1-4-12-5-2-10;/h1-2,4-5,11,13H,3,6-9H2;1H. The molecule has 90 valence electrons. The number of aromatic nitrogens is 1. The zero-order chi connectivity index (χ0) is 10.5. The summed E-state index contributed by atoms with van der Waals surface area (Å²) in [5.74, 6) is 2.10. The van der Waals surface area contributed by atoms with Gasteiger partial charge in [-0.2, -0.15) is 0 Å². The highest BCUT2D eigenvalue weighted by Crippen LogP contribution is 2.11. The third-order valence-corrected chi connectivity index (χ3v) is 4.16.